The number of hydrogen-bond acceptors (Lipinski definition) is 4. The molecule has 2 aromatic rings. The van der Waals surface area contributed by atoms with Gasteiger partial charge in [-0.15, -0.1) is 11.3 Å². The fourth-order valence-electron chi connectivity index (χ4n) is 2.82. The van der Waals surface area contributed by atoms with E-state index < -0.39 is 0 Å². The van der Waals surface area contributed by atoms with E-state index in [4.69, 9.17) is 0 Å². The number of nitrogens with zero attached hydrogens (tertiary/aromatic N) is 2. The van der Waals surface area contributed by atoms with E-state index in [9.17, 15) is 9.59 Å². The molecule has 0 unspecified atom stereocenters. The maximum Gasteiger partial charge on any atom is 0.270 e. The fourth-order valence-corrected chi connectivity index (χ4v) is 3.60. The van der Waals surface area contributed by atoms with Crippen LogP contribution in [0.25, 0.3) is 0 Å². The molecule has 5 nitrogen and oxygen atoms in total. The van der Waals surface area contributed by atoms with Crippen molar-refractivity contribution in [3.8, 4) is 0 Å². The second-order valence-electron chi connectivity index (χ2n) is 6.89. The first kappa shape index (κ1) is 22.1. The highest BCUT2D eigenvalue weighted by Crippen LogP contribution is 2.15. The van der Waals surface area contributed by atoms with Crippen molar-refractivity contribution in [2.75, 3.05) is 13.1 Å². The van der Waals surface area contributed by atoms with Crippen molar-refractivity contribution in [3.05, 3.63) is 52.0 Å². The monoisotopic (exact) mass is 401 g/mol. The van der Waals surface area contributed by atoms with Gasteiger partial charge in [-0.3, -0.25) is 9.59 Å². The first-order valence-corrected chi connectivity index (χ1v) is 11.1. The summed E-state index contributed by atoms with van der Waals surface area (Å²) < 4.78 is 0. The van der Waals surface area contributed by atoms with Crippen LogP contribution in [0.15, 0.2) is 35.7 Å². The molecule has 0 saturated carbocycles. The highest BCUT2D eigenvalue weighted by Gasteiger charge is 2.17. The number of unbranched alkanes of at least 4 members (excludes halogenated alkanes) is 2. The van der Waals surface area contributed by atoms with Gasteiger partial charge in [0, 0.05) is 24.9 Å². The van der Waals surface area contributed by atoms with Gasteiger partial charge in [0.2, 0.25) is 5.91 Å². The number of carbonyl (C=O) groups excluding carboxylic acids is 2. The summed E-state index contributed by atoms with van der Waals surface area (Å²) in [5.41, 5.74) is 1.62. The Kier molecular flexibility index (Phi) is 9.69. The van der Waals surface area contributed by atoms with Gasteiger partial charge in [-0.05, 0) is 24.8 Å². The van der Waals surface area contributed by atoms with Crippen molar-refractivity contribution in [1.82, 2.24) is 15.2 Å². The molecule has 0 aliphatic rings. The smallest absolute Gasteiger partial charge is 0.270 e. The van der Waals surface area contributed by atoms with E-state index in [-0.39, 0.29) is 11.8 Å². The molecule has 2 rings (SSSR count). The van der Waals surface area contributed by atoms with Gasteiger partial charge in [0.05, 0.1) is 6.54 Å². The Hall–Kier alpha value is -2.21. The molecule has 6 heteroatoms. The Labute approximate surface area is 172 Å². The Morgan fingerprint density at radius 2 is 1.86 bits per heavy atom. The lowest BCUT2D eigenvalue weighted by Gasteiger charge is -2.21. The van der Waals surface area contributed by atoms with Gasteiger partial charge < -0.3 is 10.2 Å². The number of thiazole rings is 1. The molecule has 1 heterocycles. The number of rotatable bonds is 12. The second kappa shape index (κ2) is 12.3. The first-order valence-electron chi connectivity index (χ1n) is 10.2. The van der Waals surface area contributed by atoms with Gasteiger partial charge in [0.1, 0.15) is 10.7 Å². The van der Waals surface area contributed by atoms with Crippen molar-refractivity contribution in [1.29, 1.82) is 0 Å². The molecule has 0 spiro atoms. The number of carbonyl (C=O) groups is 2. The normalized spacial score (nSPS) is 10.6. The third kappa shape index (κ3) is 7.43. The largest absolute Gasteiger partial charge is 0.351 e. The minimum absolute atomic E-state index is 0.133. The number of amides is 2. The van der Waals surface area contributed by atoms with Crippen LogP contribution < -0.4 is 5.32 Å². The number of benzene rings is 1. The van der Waals surface area contributed by atoms with Gasteiger partial charge in [0.25, 0.3) is 5.91 Å². The maximum atomic E-state index is 12.8. The van der Waals surface area contributed by atoms with Crippen LogP contribution in [0.4, 0.5) is 0 Å². The van der Waals surface area contributed by atoms with Gasteiger partial charge in [-0.25, -0.2) is 4.98 Å². The molecule has 1 aromatic heterocycles. The molecule has 0 saturated heterocycles. The Balaban J connectivity index is 1.93. The van der Waals surface area contributed by atoms with Crippen molar-refractivity contribution in [2.45, 2.75) is 58.9 Å². The third-order valence-corrected chi connectivity index (χ3v) is 5.36. The quantitative estimate of drug-likeness (QED) is 0.535. The summed E-state index contributed by atoms with van der Waals surface area (Å²) in [4.78, 5) is 31.2. The van der Waals surface area contributed by atoms with Crippen LogP contribution in [0.1, 0.15) is 67.0 Å². The zero-order valence-corrected chi connectivity index (χ0v) is 17.8. The van der Waals surface area contributed by atoms with Crippen LogP contribution in [-0.2, 0) is 17.8 Å². The van der Waals surface area contributed by atoms with Crippen LogP contribution in [0, 0.1) is 0 Å². The lowest BCUT2D eigenvalue weighted by atomic mass is 10.1. The summed E-state index contributed by atoms with van der Waals surface area (Å²) >= 11 is 1.44. The van der Waals surface area contributed by atoms with E-state index in [2.05, 4.69) is 24.1 Å². The second-order valence-corrected chi connectivity index (χ2v) is 7.83. The van der Waals surface area contributed by atoms with E-state index in [0.717, 1.165) is 43.7 Å². The minimum Gasteiger partial charge on any atom is -0.351 e. The number of aromatic nitrogens is 1. The van der Waals surface area contributed by atoms with Gasteiger partial charge in [-0.2, -0.15) is 0 Å². The highest BCUT2D eigenvalue weighted by atomic mass is 32.1. The summed E-state index contributed by atoms with van der Waals surface area (Å²) in [7, 11) is 0. The molecule has 0 bridgehead atoms. The van der Waals surface area contributed by atoms with Crippen molar-refractivity contribution < 1.29 is 9.59 Å². The third-order valence-electron chi connectivity index (χ3n) is 4.53. The van der Waals surface area contributed by atoms with E-state index in [0.29, 0.717) is 25.2 Å². The predicted octanol–water partition coefficient (Wildman–Crippen LogP) is 4.43. The van der Waals surface area contributed by atoms with Gasteiger partial charge in [0.15, 0.2) is 0 Å². The summed E-state index contributed by atoms with van der Waals surface area (Å²) in [5.74, 6) is 0.00733. The molecule has 28 heavy (non-hydrogen) atoms. The average Bonchev–Trinajstić information content (AvgIpc) is 3.19. The van der Waals surface area contributed by atoms with Crippen LogP contribution in [0.5, 0.6) is 0 Å². The van der Waals surface area contributed by atoms with E-state index in [1.807, 2.05) is 35.2 Å². The average molecular weight is 402 g/mol. The summed E-state index contributed by atoms with van der Waals surface area (Å²) in [5, 5.41) is 5.48. The van der Waals surface area contributed by atoms with Crippen LogP contribution in [0.3, 0.4) is 0 Å². The van der Waals surface area contributed by atoms with E-state index >= 15 is 0 Å². The molecule has 0 fully saturated rings. The number of hydrogen-bond donors (Lipinski definition) is 1. The molecular weight excluding hydrogens is 370 g/mol. The summed E-state index contributed by atoms with van der Waals surface area (Å²) in [6, 6.07) is 10.1. The Bertz CT molecular complexity index is 730. The lowest BCUT2D eigenvalue weighted by Crippen LogP contribution is -2.31. The van der Waals surface area contributed by atoms with Crippen LogP contribution in [0.2, 0.25) is 0 Å². The SMILES string of the molecule is CCCCNC(=O)c1csc(CN(CCCC)C(=O)CCc2ccccc2)n1. The van der Waals surface area contributed by atoms with Crippen LogP contribution in [-0.4, -0.2) is 34.8 Å². The van der Waals surface area contributed by atoms with Gasteiger partial charge in [-0.1, -0.05) is 57.0 Å². The highest BCUT2D eigenvalue weighted by molar-refractivity contribution is 7.09. The van der Waals surface area contributed by atoms with E-state index in [1.54, 1.807) is 5.38 Å². The lowest BCUT2D eigenvalue weighted by molar-refractivity contribution is -0.131. The van der Waals surface area contributed by atoms with Crippen LogP contribution >= 0.6 is 11.3 Å². The molecule has 1 N–H and O–H groups in total. The fraction of sp³-hybridized carbons (Fsp3) is 0.500. The molecule has 152 valence electrons. The summed E-state index contributed by atoms with van der Waals surface area (Å²) in [6.07, 6.45) is 5.23. The predicted molar refractivity (Wildman–Crippen MR) is 114 cm³/mol. The zero-order chi connectivity index (χ0) is 20.2. The molecular formula is C22H31N3O2S. The van der Waals surface area contributed by atoms with Crippen molar-refractivity contribution in [2.24, 2.45) is 0 Å². The van der Waals surface area contributed by atoms with Crippen molar-refractivity contribution >= 4 is 23.2 Å². The standard InChI is InChI=1S/C22H31N3O2S/c1-3-5-14-23-22(27)19-17-28-20(24-19)16-25(15-6-4-2)21(26)13-12-18-10-8-7-9-11-18/h7-11,17H,3-6,12-16H2,1-2H3,(H,23,27). The Morgan fingerprint density at radius 3 is 2.57 bits per heavy atom. The molecule has 0 atom stereocenters. The molecule has 2 amide bonds. The molecule has 1 aromatic carbocycles. The topological polar surface area (TPSA) is 62.3 Å². The van der Waals surface area contributed by atoms with Crippen molar-refractivity contribution in [3.63, 3.8) is 0 Å². The molecule has 0 aliphatic heterocycles. The molecule has 0 aliphatic carbocycles. The first-order chi connectivity index (χ1) is 13.6. The Morgan fingerprint density at radius 1 is 1.11 bits per heavy atom. The number of aryl methyl sites for hydroxylation is 1. The number of nitrogens with one attached hydrogen (secondary N) is 1. The summed E-state index contributed by atoms with van der Waals surface area (Å²) in [6.45, 7) is 6.08. The van der Waals surface area contributed by atoms with Gasteiger partial charge >= 0.3 is 0 Å². The zero-order valence-electron chi connectivity index (χ0n) is 16.9. The minimum atomic E-state index is -0.133. The van der Waals surface area contributed by atoms with E-state index in [1.165, 1.54) is 16.9 Å². The molecule has 0 radical (unpaired) electrons. The maximum absolute atomic E-state index is 12.8.